The van der Waals surface area contributed by atoms with E-state index in [0.29, 0.717) is 0 Å². The molecule has 0 saturated heterocycles. The molecule has 0 aliphatic rings. The van der Waals surface area contributed by atoms with Gasteiger partial charge >= 0.3 is 0 Å². The third kappa shape index (κ3) is 6.00. The fourth-order valence-electron chi connectivity index (χ4n) is 11.8. The molecular formula is C66H45N3Si. The van der Waals surface area contributed by atoms with Crippen LogP contribution in [0.2, 0.25) is 0 Å². The van der Waals surface area contributed by atoms with Gasteiger partial charge in [-0.2, -0.15) is 0 Å². The Morgan fingerprint density at radius 3 is 1.26 bits per heavy atom. The van der Waals surface area contributed by atoms with Gasteiger partial charge in [-0.15, -0.1) is 0 Å². The van der Waals surface area contributed by atoms with Gasteiger partial charge in [0, 0.05) is 43.7 Å². The van der Waals surface area contributed by atoms with E-state index in [0.717, 1.165) is 28.1 Å². The SMILES string of the molecule is c1ccc(-c2cccc(-n3c4ccccc4c4ccc(-n5c6cc([Si](c7ccccc7)(c7ccccc7)c7ccccc7)ccc6c6c(-n7c8ccccc8c8ccccc87)cccc65)cc43)c2)cc1. The van der Waals surface area contributed by atoms with Gasteiger partial charge in [0.25, 0.3) is 0 Å². The Morgan fingerprint density at radius 1 is 0.229 bits per heavy atom. The Morgan fingerprint density at radius 2 is 0.657 bits per heavy atom. The van der Waals surface area contributed by atoms with E-state index in [4.69, 9.17) is 0 Å². The molecule has 0 bridgehead atoms. The number of para-hydroxylation sites is 3. The lowest BCUT2D eigenvalue weighted by Gasteiger charge is -2.34. The van der Waals surface area contributed by atoms with Crippen LogP contribution in [0.5, 0.6) is 0 Å². The first-order valence-corrected chi connectivity index (χ1v) is 26.2. The zero-order valence-electron chi connectivity index (χ0n) is 38.3. The average Bonchev–Trinajstić information content (AvgIpc) is 4.08. The van der Waals surface area contributed by atoms with Crippen LogP contribution in [0, 0.1) is 0 Å². The van der Waals surface area contributed by atoms with Crippen LogP contribution in [0.15, 0.2) is 273 Å². The minimum absolute atomic E-state index is 1.11. The molecule has 0 atom stereocenters. The predicted molar refractivity (Wildman–Crippen MR) is 299 cm³/mol. The monoisotopic (exact) mass is 907 g/mol. The molecule has 14 rings (SSSR count). The quantitative estimate of drug-likeness (QED) is 0.107. The summed E-state index contributed by atoms with van der Waals surface area (Å²) in [6, 6.07) is 101. The van der Waals surface area contributed by atoms with Crippen molar-refractivity contribution in [2.24, 2.45) is 0 Å². The van der Waals surface area contributed by atoms with Crippen molar-refractivity contribution in [1.29, 1.82) is 0 Å². The molecule has 0 N–H and O–H groups in total. The fourth-order valence-corrected chi connectivity index (χ4v) is 16.6. The number of rotatable bonds is 8. The van der Waals surface area contributed by atoms with E-state index in [1.54, 1.807) is 0 Å². The summed E-state index contributed by atoms with van der Waals surface area (Å²) in [7, 11) is -2.90. The summed E-state index contributed by atoms with van der Waals surface area (Å²) in [6.45, 7) is 0. The minimum atomic E-state index is -2.90. The molecule has 0 aliphatic heterocycles. The summed E-state index contributed by atoms with van der Waals surface area (Å²) < 4.78 is 7.50. The highest BCUT2D eigenvalue weighted by Crippen LogP contribution is 2.41. The number of hydrogen-bond acceptors (Lipinski definition) is 0. The van der Waals surface area contributed by atoms with Gasteiger partial charge in [-0.25, -0.2) is 0 Å². The molecule has 70 heavy (non-hydrogen) atoms. The van der Waals surface area contributed by atoms with Gasteiger partial charge in [0.15, 0.2) is 8.07 Å². The summed E-state index contributed by atoms with van der Waals surface area (Å²) in [4.78, 5) is 0. The van der Waals surface area contributed by atoms with Crippen LogP contribution in [0.25, 0.3) is 93.6 Å². The Hall–Kier alpha value is -8.96. The Balaban J connectivity index is 1.11. The molecular weight excluding hydrogens is 863 g/mol. The zero-order chi connectivity index (χ0) is 46.2. The van der Waals surface area contributed by atoms with E-state index in [-0.39, 0.29) is 0 Å². The molecule has 0 radical (unpaired) electrons. The summed E-state index contributed by atoms with van der Waals surface area (Å²) in [5.74, 6) is 0. The second-order valence-corrected chi connectivity index (χ2v) is 22.2. The van der Waals surface area contributed by atoms with Crippen molar-refractivity contribution in [3.8, 4) is 28.2 Å². The van der Waals surface area contributed by atoms with Crippen LogP contribution in [-0.4, -0.2) is 21.8 Å². The maximum atomic E-state index is 2.55. The largest absolute Gasteiger partial charge is 0.309 e. The standard InChI is InChI=1S/C66H45N3Si/c1-5-21-46(22-6-1)47-23-19-24-48(43-47)67-59-34-16-13-33-56(59)57-41-39-49(44-64(57)67)68-62-37-20-38-63(69-60-35-17-14-31-54(60)55-32-15-18-36-61(55)69)66(62)58-42-40-53(45-65(58)68)70(50-25-7-2-8-26-50,51-27-9-3-10-28-51)52-29-11-4-12-30-52/h1-45H. The van der Waals surface area contributed by atoms with Crippen molar-refractivity contribution >= 4 is 94.2 Å². The average molecular weight is 908 g/mol. The summed E-state index contributed by atoms with van der Waals surface area (Å²) >= 11 is 0. The van der Waals surface area contributed by atoms with Gasteiger partial charge < -0.3 is 13.7 Å². The van der Waals surface area contributed by atoms with E-state index in [2.05, 4.69) is 287 Å². The van der Waals surface area contributed by atoms with Crippen molar-refractivity contribution in [3.05, 3.63) is 273 Å². The highest BCUT2D eigenvalue weighted by Gasteiger charge is 2.41. The van der Waals surface area contributed by atoms with Gasteiger partial charge in [0.1, 0.15) is 0 Å². The van der Waals surface area contributed by atoms with Crippen LogP contribution in [0.1, 0.15) is 0 Å². The van der Waals surface area contributed by atoms with Crippen LogP contribution in [0.4, 0.5) is 0 Å². The lowest BCUT2D eigenvalue weighted by Crippen LogP contribution is -2.74. The molecule has 3 nitrogen and oxygen atoms in total. The topological polar surface area (TPSA) is 14.8 Å². The predicted octanol–water partition coefficient (Wildman–Crippen LogP) is 14.0. The van der Waals surface area contributed by atoms with E-state index >= 15 is 0 Å². The Labute approximate surface area is 407 Å². The van der Waals surface area contributed by atoms with Gasteiger partial charge in [0.05, 0.1) is 38.8 Å². The summed E-state index contributed by atoms with van der Waals surface area (Å²) in [5, 5.41) is 12.8. The number of fused-ring (bicyclic) bond motifs is 9. The first kappa shape index (κ1) is 40.1. The lowest BCUT2D eigenvalue weighted by atomic mass is 10.1. The van der Waals surface area contributed by atoms with Gasteiger partial charge in [-0.1, -0.05) is 212 Å². The Kier molecular flexibility index (Phi) is 9.23. The summed E-state index contributed by atoms with van der Waals surface area (Å²) in [6.07, 6.45) is 0. The summed E-state index contributed by atoms with van der Waals surface area (Å²) in [5.41, 5.74) is 12.9. The van der Waals surface area contributed by atoms with Crippen molar-refractivity contribution in [1.82, 2.24) is 13.7 Å². The molecule has 0 fully saturated rings. The molecule has 14 aromatic rings. The second kappa shape index (κ2) is 16.1. The molecule has 11 aromatic carbocycles. The zero-order valence-corrected chi connectivity index (χ0v) is 39.3. The number of benzene rings is 11. The van der Waals surface area contributed by atoms with Crippen LogP contribution in [-0.2, 0) is 0 Å². The number of aromatic nitrogens is 3. The highest BCUT2D eigenvalue weighted by molar-refractivity contribution is 7.20. The normalized spacial score (nSPS) is 12.0. The molecule has 3 aromatic heterocycles. The van der Waals surface area contributed by atoms with Crippen molar-refractivity contribution in [3.63, 3.8) is 0 Å². The Bertz CT molecular complexity index is 4130. The molecule has 0 unspecified atom stereocenters. The minimum Gasteiger partial charge on any atom is -0.309 e. The van der Waals surface area contributed by atoms with Crippen molar-refractivity contribution in [2.45, 2.75) is 0 Å². The van der Waals surface area contributed by atoms with Gasteiger partial charge in [-0.05, 0) is 92.5 Å². The first-order chi connectivity index (χ1) is 34.8. The fraction of sp³-hybridized carbons (Fsp3) is 0. The smallest absolute Gasteiger partial charge is 0.179 e. The molecule has 328 valence electrons. The number of hydrogen-bond donors (Lipinski definition) is 0. The third-order valence-corrected chi connectivity index (χ3v) is 19.5. The maximum absolute atomic E-state index is 2.90. The van der Waals surface area contributed by atoms with E-state index in [9.17, 15) is 0 Å². The van der Waals surface area contributed by atoms with Crippen LogP contribution in [0.3, 0.4) is 0 Å². The lowest BCUT2D eigenvalue weighted by molar-refractivity contribution is 1.15. The van der Waals surface area contributed by atoms with E-state index < -0.39 is 8.07 Å². The maximum Gasteiger partial charge on any atom is 0.179 e. The van der Waals surface area contributed by atoms with Crippen LogP contribution >= 0.6 is 0 Å². The molecule has 0 amide bonds. The van der Waals surface area contributed by atoms with E-state index in [1.165, 1.54) is 86.3 Å². The van der Waals surface area contributed by atoms with Gasteiger partial charge in [-0.3, -0.25) is 0 Å². The van der Waals surface area contributed by atoms with E-state index in [1.807, 2.05) is 0 Å². The molecule has 0 aliphatic carbocycles. The highest BCUT2D eigenvalue weighted by atomic mass is 28.3. The van der Waals surface area contributed by atoms with Crippen molar-refractivity contribution in [2.75, 3.05) is 0 Å². The first-order valence-electron chi connectivity index (χ1n) is 24.2. The van der Waals surface area contributed by atoms with Gasteiger partial charge in [0.2, 0.25) is 0 Å². The second-order valence-electron chi connectivity index (χ2n) is 18.4. The molecule has 0 spiro atoms. The molecule has 4 heteroatoms. The third-order valence-electron chi connectivity index (χ3n) is 14.8. The number of nitrogens with zero attached hydrogens (tertiary/aromatic N) is 3. The molecule has 3 heterocycles. The van der Waals surface area contributed by atoms with Crippen molar-refractivity contribution < 1.29 is 0 Å². The van der Waals surface area contributed by atoms with Crippen LogP contribution < -0.4 is 20.7 Å². The molecule has 0 saturated carbocycles.